The third kappa shape index (κ3) is 2.54. The van der Waals surface area contributed by atoms with Crippen molar-refractivity contribution >= 4 is 34.3 Å². The first kappa shape index (κ1) is 18.8. The van der Waals surface area contributed by atoms with Crippen LogP contribution >= 0.6 is 11.6 Å². The first-order valence-electron chi connectivity index (χ1n) is 8.46. The van der Waals surface area contributed by atoms with Crippen LogP contribution in [0.3, 0.4) is 0 Å². The summed E-state index contributed by atoms with van der Waals surface area (Å²) in [4.78, 5) is 18.5. The molecule has 0 radical (unpaired) electrons. The van der Waals surface area contributed by atoms with Crippen LogP contribution in [-0.2, 0) is 4.79 Å². The summed E-state index contributed by atoms with van der Waals surface area (Å²) >= 11 is 6.38. The van der Waals surface area contributed by atoms with Gasteiger partial charge in [-0.3, -0.25) is 0 Å². The summed E-state index contributed by atoms with van der Waals surface area (Å²) in [6, 6.07) is 1.88. The maximum atomic E-state index is 14.2. The Balaban J connectivity index is 2.31. The fourth-order valence-electron chi connectivity index (χ4n) is 4.04. The minimum Gasteiger partial charge on any atom is -0.479 e. The lowest BCUT2D eigenvalue weighted by molar-refractivity contribution is -0.147. The molecule has 1 aliphatic rings. The molecule has 1 aromatic heterocycles. The van der Waals surface area contributed by atoms with Crippen molar-refractivity contribution in [2.45, 2.75) is 46.1 Å². The van der Waals surface area contributed by atoms with E-state index in [4.69, 9.17) is 11.6 Å². The molecule has 4 nitrogen and oxygen atoms in total. The highest BCUT2D eigenvalue weighted by Crippen LogP contribution is 2.47. The molecule has 1 saturated heterocycles. The molecule has 2 heterocycles. The molecule has 1 aromatic carbocycles. The first-order valence-corrected chi connectivity index (χ1v) is 8.84. The zero-order chi connectivity index (χ0) is 19.4. The fraction of sp³-hybridized carbons (Fsp3) is 0.474. The smallest absolute Gasteiger partial charge is 0.330 e. The van der Waals surface area contributed by atoms with Crippen LogP contribution in [-0.4, -0.2) is 28.1 Å². The number of aromatic nitrogens is 1. The van der Waals surface area contributed by atoms with E-state index in [2.05, 4.69) is 4.98 Å². The number of carboxylic acids is 1. The van der Waals surface area contributed by atoms with Gasteiger partial charge in [-0.05, 0) is 25.2 Å². The molecule has 1 N–H and O–H groups in total. The number of halogens is 3. The lowest BCUT2D eigenvalue weighted by Gasteiger charge is -2.45. The van der Waals surface area contributed by atoms with Crippen LogP contribution in [0.2, 0.25) is 5.02 Å². The number of fused-ring (bicyclic) bond motifs is 1. The highest BCUT2D eigenvalue weighted by molar-refractivity contribution is 6.36. The Hall–Kier alpha value is -1.95. The number of hydrogen-bond acceptors (Lipinski definition) is 3. The Morgan fingerprint density at radius 1 is 1.35 bits per heavy atom. The Morgan fingerprint density at radius 2 is 2.00 bits per heavy atom. The third-order valence-electron chi connectivity index (χ3n) is 5.38. The van der Waals surface area contributed by atoms with E-state index < -0.39 is 28.6 Å². The summed E-state index contributed by atoms with van der Waals surface area (Å²) in [5.41, 5.74) is -1.19. The molecule has 140 valence electrons. The number of aliphatic carboxylic acids is 1. The zero-order valence-corrected chi connectivity index (χ0v) is 15.9. The Bertz CT molecular complexity index is 911. The maximum absolute atomic E-state index is 14.2. The molecule has 1 aliphatic heterocycles. The molecule has 0 aliphatic carbocycles. The molecule has 0 bridgehead atoms. The van der Waals surface area contributed by atoms with Crippen LogP contribution in [0.4, 0.5) is 14.6 Å². The van der Waals surface area contributed by atoms with Crippen molar-refractivity contribution in [1.29, 1.82) is 0 Å². The van der Waals surface area contributed by atoms with Crippen molar-refractivity contribution in [3.8, 4) is 0 Å². The molecular weight excluding hydrogens is 362 g/mol. The van der Waals surface area contributed by atoms with E-state index >= 15 is 0 Å². The molecule has 0 unspecified atom stereocenters. The van der Waals surface area contributed by atoms with Crippen LogP contribution in [0.15, 0.2) is 12.1 Å². The lowest BCUT2D eigenvalue weighted by atomic mass is 9.71. The quantitative estimate of drug-likeness (QED) is 0.798. The average molecular weight is 383 g/mol. The number of benzene rings is 1. The van der Waals surface area contributed by atoms with Gasteiger partial charge in [0.15, 0.2) is 0 Å². The summed E-state index contributed by atoms with van der Waals surface area (Å²) in [6.07, 6.45) is 1.14. The molecule has 26 heavy (non-hydrogen) atoms. The molecule has 0 saturated carbocycles. The van der Waals surface area contributed by atoms with Gasteiger partial charge in [-0.2, -0.15) is 0 Å². The van der Waals surface area contributed by atoms with Crippen LogP contribution < -0.4 is 4.90 Å². The second-order valence-corrected chi connectivity index (χ2v) is 8.20. The van der Waals surface area contributed by atoms with Crippen LogP contribution in [0.25, 0.3) is 10.9 Å². The number of anilines is 1. The van der Waals surface area contributed by atoms with Crippen LogP contribution in [0, 0.1) is 24.0 Å². The van der Waals surface area contributed by atoms with Crippen molar-refractivity contribution in [1.82, 2.24) is 4.98 Å². The number of rotatable bonds is 2. The van der Waals surface area contributed by atoms with Crippen molar-refractivity contribution < 1.29 is 18.7 Å². The van der Waals surface area contributed by atoms with Crippen molar-refractivity contribution in [2.75, 3.05) is 11.4 Å². The van der Waals surface area contributed by atoms with E-state index in [0.717, 1.165) is 12.1 Å². The van der Waals surface area contributed by atoms with Crippen molar-refractivity contribution in [3.63, 3.8) is 0 Å². The van der Waals surface area contributed by atoms with E-state index in [1.54, 1.807) is 11.8 Å². The summed E-state index contributed by atoms with van der Waals surface area (Å²) in [5, 5.41) is 10.2. The Labute approximate surface area is 155 Å². The SMILES string of the molecule is Cc1c(N2CCC[C@]2(C(=O)O)C(C)(C)C)nc2cc(F)cc(F)c2c1Cl. The minimum absolute atomic E-state index is 0.0465. The summed E-state index contributed by atoms with van der Waals surface area (Å²) in [7, 11) is 0. The zero-order valence-electron chi connectivity index (χ0n) is 15.2. The van der Waals surface area contributed by atoms with Gasteiger partial charge in [0.05, 0.1) is 15.9 Å². The van der Waals surface area contributed by atoms with Crippen LogP contribution in [0.5, 0.6) is 0 Å². The van der Waals surface area contributed by atoms with Gasteiger partial charge in [0.1, 0.15) is 23.0 Å². The lowest BCUT2D eigenvalue weighted by Crippen LogP contribution is -2.59. The van der Waals surface area contributed by atoms with E-state index in [-0.39, 0.29) is 15.9 Å². The van der Waals surface area contributed by atoms with Crippen molar-refractivity contribution in [3.05, 3.63) is 34.4 Å². The molecular formula is C19H21ClF2N2O2. The number of carboxylic acid groups (broad SMARTS) is 1. The standard InChI is InChI=1S/C19H21ClF2N2O2/c1-10-15(20)14-12(22)8-11(21)9-13(14)23-16(10)24-7-5-6-19(24,17(25)26)18(2,3)4/h8-9H,5-7H2,1-4H3,(H,25,26)/t19-/m0/s1. The molecule has 0 amide bonds. The molecule has 2 aromatic rings. The largest absolute Gasteiger partial charge is 0.479 e. The number of nitrogens with zero attached hydrogens (tertiary/aromatic N) is 2. The predicted molar refractivity (Wildman–Crippen MR) is 97.8 cm³/mol. The number of hydrogen-bond donors (Lipinski definition) is 1. The molecule has 7 heteroatoms. The Kier molecular flexibility index (Phi) is 4.38. The molecule has 0 spiro atoms. The normalized spacial score (nSPS) is 20.8. The van der Waals surface area contributed by atoms with Gasteiger partial charge >= 0.3 is 5.97 Å². The molecule has 3 rings (SSSR count). The highest BCUT2D eigenvalue weighted by Gasteiger charge is 2.56. The van der Waals surface area contributed by atoms with Gasteiger partial charge in [0, 0.05) is 24.2 Å². The number of pyridine rings is 1. The van der Waals surface area contributed by atoms with E-state index in [9.17, 15) is 18.7 Å². The third-order valence-corrected chi connectivity index (χ3v) is 5.85. The van der Waals surface area contributed by atoms with Crippen LogP contribution in [0.1, 0.15) is 39.2 Å². The Morgan fingerprint density at radius 3 is 2.58 bits per heavy atom. The van der Waals surface area contributed by atoms with Gasteiger partial charge < -0.3 is 10.0 Å². The summed E-state index contributed by atoms with van der Waals surface area (Å²) in [5.74, 6) is -2.11. The van der Waals surface area contributed by atoms with Gasteiger partial charge in [-0.15, -0.1) is 0 Å². The monoisotopic (exact) mass is 382 g/mol. The predicted octanol–water partition coefficient (Wildman–Crippen LogP) is 4.94. The maximum Gasteiger partial charge on any atom is 0.330 e. The first-order chi connectivity index (χ1) is 12.0. The van der Waals surface area contributed by atoms with Gasteiger partial charge in [-0.25, -0.2) is 18.6 Å². The van der Waals surface area contributed by atoms with Gasteiger partial charge in [0.2, 0.25) is 0 Å². The summed E-state index contributed by atoms with van der Waals surface area (Å²) < 4.78 is 27.9. The van der Waals surface area contributed by atoms with E-state index in [1.807, 2.05) is 20.8 Å². The minimum atomic E-state index is -1.17. The summed E-state index contributed by atoms with van der Waals surface area (Å²) in [6.45, 7) is 7.78. The number of carbonyl (C=O) groups is 1. The van der Waals surface area contributed by atoms with E-state index in [0.29, 0.717) is 30.8 Å². The van der Waals surface area contributed by atoms with Gasteiger partial charge in [0.25, 0.3) is 0 Å². The van der Waals surface area contributed by atoms with Gasteiger partial charge in [-0.1, -0.05) is 32.4 Å². The average Bonchev–Trinajstić information content (AvgIpc) is 2.95. The highest BCUT2D eigenvalue weighted by atomic mass is 35.5. The van der Waals surface area contributed by atoms with Crippen molar-refractivity contribution in [2.24, 2.45) is 5.41 Å². The molecule has 1 atom stereocenters. The van der Waals surface area contributed by atoms with E-state index in [1.165, 1.54) is 0 Å². The molecule has 1 fully saturated rings. The second kappa shape index (κ2) is 6.05. The fourth-order valence-corrected chi connectivity index (χ4v) is 4.31. The topological polar surface area (TPSA) is 53.4 Å². The second-order valence-electron chi connectivity index (χ2n) is 7.83.